The van der Waals surface area contributed by atoms with Gasteiger partial charge in [0.15, 0.2) is 5.78 Å². The number of methoxy groups -OCH3 is 1. The van der Waals surface area contributed by atoms with Gasteiger partial charge < -0.3 is 9.30 Å². The van der Waals surface area contributed by atoms with Gasteiger partial charge in [-0.05, 0) is 35.9 Å². The van der Waals surface area contributed by atoms with Crippen molar-refractivity contribution in [2.45, 2.75) is 6.54 Å². The van der Waals surface area contributed by atoms with Crippen molar-refractivity contribution in [3.63, 3.8) is 0 Å². The van der Waals surface area contributed by atoms with Gasteiger partial charge in [-0.3, -0.25) is 9.78 Å². The highest BCUT2D eigenvalue weighted by Crippen LogP contribution is 2.16. The third-order valence-corrected chi connectivity index (χ3v) is 4.59. The van der Waals surface area contributed by atoms with Gasteiger partial charge in [-0.1, -0.05) is 30.3 Å². The lowest BCUT2D eigenvalue weighted by molar-refractivity contribution is 0.0600. The quantitative estimate of drug-likeness (QED) is 0.392. The zero-order valence-electron chi connectivity index (χ0n) is 15.3. The fourth-order valence-corrected chi connectivity index (χ4v) is 3.13. The van der Waals surface area contributed by atoms with Gasteiger partial charge in [-0.25, -0.2) is 4.79 Å². The lowest BCUT2D eigenvalue weighted by Crippen LogP contribution is -2.04. The van der Waals surface area contributed by atoms with Crippen molar-refractivity contribution < 1.29 is 14.3 Å². The fraction of sp³-hybridized carbons (Fsp3) is 0.0870. The molecule has 4 rings (SSSR count). The van der Waals surface area contributed by atoms with E-state index in [1.165, 1.54) is 7.11 Å². The molecule has 0 aliphatic carbocycles. The van der Waals surface area contributed by atoms with Crippen molar-refractivity contribution in [1.82, 2.24) is 9.55 Å². The minimum atomic E-state index is -0.422. The van der Waals surface area contributed by atoms with Crippen LogP contribution in [0.15, 0.2) is 79.3 Å². The van der Waals surface area contributed by atoms with E-state index in [-0.39, 0.29) is 5.78 Å². The molecule has 2 heterocycles. The monoisotopic (exact) mass is 370 g/mol. The van der Waals surface area contributed by atoms with Crippen molar-refractivity contribution in [2.75, 3.05) is 7.11 Å². The SMILES string of the molecule is COC(=O)c1ccc(C(=O)c2ccn(Cc3cnc4ccccc4c3)c2)cc1. The number of benzene rings is 2. The number of nitrogens with zero attached hydrogens (tertiary/aromatic N) is 2. The number of pyridine rings is 1. The second-order valence-corrected chi connectivity index (χ2v) is 6.51. The molecule has 138 valence electrons. The molecule has 4 aromatic rings. The normalized spacial score (nSPS) is 10.8. The van der Waals surface area contributed by atoms with Gasteiger partial charge in [-0.15, -0.1) is 0 Å². The van der Waals surface area contributed by atoms with Crippen molar-refractivity contribution in [3.05, 3.63) is 102 Å². The Morgan fingerprint density at radius 3 is 2.50 bits per heavy atom. The summed E-state index contributed by atoms with van der Waals surface area (Å²) in [6.45, 7) is 0.631. The first-order valence-corrected chi connectivity index (χ1v) is 8.86. The average Bonchev–Trinajstić information content (AvgIpc) is 3.21. The van der Waals surface area contributed by atoms with Crippen LogP contribution in [-0.2, 0) is 11.3 Å². The molecule has 0 aliphatic heterocycles. The molecular weight excluding hydrogens is 352 g/mol. The summed E-state index contributed by atoms with van der Waals surface area (Å²) in [5.41, 5.74) is 3.57. The summed E-state index contributed by atoms with van der Waals surface area (Å²) in [5, 5.41) is 1.09. The number of aromatic nitrogens is 2. The van der Waals surface area contributed by atoms with E-state index in [0.717, 1.165) is 16.5 Å². The fourth-order valence-electron chi connectivity index (χ4n) is 3.13. The largest absolute Gasteiger partial charge is 0.465 e. The predicted molar refractivity (Wildman–Crippen MR) is 106 cm³/mol. The third kappa shape index (κ3) is 3.55. The number of ether oxygens (including phenoxy) is 1. The molecule has 28 heavy (non-hydrogen) atoms. The first-order chi connectivity index (χ1) is 13.6. The van der Waals surface area contributed by atoms with Crippen LogP contribution in [0.3, 0.4) is 0 Å². The van der Waals surface area contributed by atoms with Crippen LogP contribution in [0.1, 0.15) is 31.8 Å². The maximum atomic E-state index is 12.7. The zero-order valence-corrected chi connectivity index (χ0v) is 15.3. The Balaban J connectivity index is 1.51. The van der Waals surface area contributed by atoms with Gasteiger partial charge >= 0.3 is 5.97 Å². The zero-order chi connectivity index (χ0) is 19.5. The third-order valence-electron chi connectivity index (χ3n) is 4.59. The first-order valence-electron chi connectivity index (χ1n) is 8.86. The molecule has 2 aromatic carbocycles. The number of rotatable bonds is 5. The van der Waals surface area contributed by atoms with Crippen LogP contribution in [0, 0.1) is 0 Å². The van der Waals surface area contributed by atoms with Crippen LogP contribution < -0.4 is 0 Å². The number of carbonyl (C=O) groups excluding carboxylic acids is 2. The van der Waals surface area contributed by atoms with Crippen LogP contribution in [-0.4, -0.2) is 28.4 Å². The maximum absolute atomic E-state index is 12.7. The summed E-state index contributed by atoms with van der Waals surface area (Å²) in [5.74, 6) is -0.513. The lowest BCUT2D eigenvalue weighted by atomic mass is 10.0. The van der Waals surface area contributed by atoms with Crippen molar-refractivity contribution in [1.29, 1.82) is 0 Å². The second-order valence-electron chi connectivity index (χ2n) is 6.51. The molecule has 0 atom stereocenters. The van der Waals surface area contributed by atoms with Crippen LogP contribution in [0.5, 0.6) is 0 Å². The number of para-hydroxylation sites is 1. The van der Waals surface area contributed by atoms with Gasteiger partial charge in [0.1, 0.15) is 0 Å². The van der Waals surface area contributed by atoms with Crippen LogP contribution in [0.25, 0.3) is 10.9 Å². The minimum absolute atomic E-state index is 0.0909. The molecule has 0 spiro atoms. The Morgan fingerprint density at radius 1 is 0.964 bits per heavy atom. The van der Waals surface area contributed by atoms with Gasteiger partial charge in [-0.2, -0.15) is 0 Å². The molecule has 5 nitrogen and oxygen atoms in total. The van der Waals surface area contributed by atoms with Crippen LogP contribution in [0.2, 0.25) is 0 Å². The molecule has 0 aliphatic rings. The predicted octanol–water partition coefficient (Wildman–Crippen LogP) is 4.10. The van der Waals surface area contributed by atoms with Gasteiger partial charge in [0.25, 0.3) is 0 Å². The van der Waals surface area contributed by atoms with Crippen LogP contribution >= 0.6 is 0 Å². The molecule has 0 amide bonds. The Labute approximate surface area is 162 Å². The van der Waals surface area contributed by atoms with Crippen molar-refractivity contribution in [2.24, 2.45) is 0 Å². The topological polar surface area (TPSA) is 61.2 Å². The molecule has 2 aromatic heterocycles. The molecule has 0 N–H and O–H groups in total. The molecule has 0 unspecified atom stereocenters. The number of esters is 1. The number of hydrogen-bond donors (Lipinski definition) is 0. The molecule has 0 saturated carbocycles. The highest BCUT2D eigenvalue weighted by atomic mass is 16.5. The van der Waals surface area contributed by atoms with Crippen molar-refractivity contribution in [3.8, 4) is 0 Å². The summed E-state index contributed by atoms with van der Waals surface area (Å²) in [4.78, 5) is 28.7. The standard InChI is InChI=1S/C23H18N2O3/c1-28-23(27)18-8-6-17(7-9-18)22(26)20-10-11-25(15-20)14-16-12-19-4-2-3-5-21(19)24-13-16/h2-13,15H,14H2,1H3. The smallest absolute Gasteiger partial charge is 0.337 e. The van der Waals surface area contributed by atoms with E-state index in [2.05, 4.69) is 15.8 Å². The van der Waals surface area contributed by atoms with Crippen LogP contribution in [0.4, 0.5) is 0 Å². The summed E-state index contributed by atoms with van der Waals surface area (Å²) < 4.78 is 6.64. The van der Waals surface area contributed by atoms with E-state index < -0.39 is 5.97 Å². The van der Waals surface area contributed by atoms with E-state index in [9.17, 15) is 9.59 Å². The molecule has 0 bridgehead atoms. The average molecular weight is 370 g/mol. The summed E-state index contributed by atoms with van der Waals surface area (Å²) >= 11 is 0. The lowest BCUT2D eigenvalue weighted by Gasteiger charge is -2.05. The maximum Gasteiger partial charge on any atom is 0.337 e. The number of fused-ring (bicyclic) bond motifs is 1. The Kier molecular flexibility index (Phi) is 4.72. The Morgan fingerprint density at radius 2 is 1.71 bits per heavy atom. The number of hydrogen-bond acceptors (Lipinski definition) is 4. The highest BCUT2D eigenvalue weighted by Gasteiger charge is 2.12. The van der Waals surface area contributed by atoms with E-state index >= 15 is 0 Å². The number of ketones is 1. The summed E-state index contributed by atoms with van der Waals surface area (Å²) in [7, 11) is 1.33. The Hall–Kier alpha value is -3.73. The van der Waals surface area contributed by atoms with E-state index in [0.29, 0.717) is 23.2 Å². The van der Waals surface area contributed by atoms with Gasteiger partial charge in [0, 0.05) is 41.6 Å². The minimum Gasteiger partial charge on any atom is -0.465 e. The molecule has 0 fully saturated rings. The highest BCUT2D eigenvalue weighted by molar-refractivity contribution is 6.09. The summed E-state index contributed by atoms with van der Waals surface area (Å²) in [6.07, 6.45) is 5.56. The molecule has 0 saturated heterocycles. The second kappa shape index (κ2) is 7.48. The van der Waals surface area contributed by atoms with Crippen molar-refractivity contribution >= 4 is 22.7 Å². The first kappa shape index (κ1) is 17.7. The molecule has 5 heteroatoms. The molecule has 0 radical (unpaired) electrons. The van der Waals surface area contributed by atoms with Gasteiger partial charge in [0.2, 0.25) is 0 Å². The Bertz CT molecular complexity index is 1160. The van der Waals surface area contributed by atoms with E-state index in [1.54, 1.807) is 30.3 Å². The summed E-state index contributed by atoms with van der Waals surface area (Å²) in [6, 6.07) is 18.3. The van der Waals surface area contributed by atoms with E-state index in [1.807, 2.05) is 47.4 Å². The number of carbonyl (C=O) groups is 2. The van der Waals surface area contributed by atoms with E-state index in [4.69, 9.17) is 0 Å². The van der Waals surface area contributed by atoms with Gasteiger partial charge in [0.05, 0.1) is 18.2 Å². The molecular formula is C23H18N2O3.